The van der Waals surface area contributed by atoms with Crippen LogP contribution in [-0.2, 0) is 4.79 Å². The number of ether oxygens (including phenoxy) is 2. The molecule has 0 saturated carbocycles. The maximum atomic E-state index is 13.5. The lowest BCUT2D eigenvalue weighted by Gasteiger charge is -2.18. The lowest BCUT2D eigenvalue weighted by atomic mass is 10.0. The molecule has 2 aromatic carbocycles. The van der Waals surface area contributed by atoms with Gasteiger partial charge in [0.15, 0.2) is 18.2 Å². The van der Waals surface area contributed by atoms with Gasteiger partial charge in [-0.3, -0.25) is 4.79 Å². The first kappa shape index (κ1) is 17.7. The van der Waals surface area contributed by atoms with Gasteiger partial charge >= 0.3 is 0 Å². The SMILES string of the molecule is CCC(NC(=O)COc1ccc(F)cc1F)c1ccc(OC)cc1. The molecule has 0 aliphatic carbocycles. The van der Waals surface area contributed by atoms with E-state index in [1.165, 1.54) is 0 Å². The first-order valence-corrected chi connectivity index (χ1v) is 7.54. The van der Waals surface area contributed by atoms with Crippen molar-refractivity contribution in [2.45, 2.75) is 19.4 Å². The van der Waals surface area contributed by atoms with E-state index in [9.17, 15) is 13.6 Å². The van der Waals surface area contributed by atoms with Gasteiger partial charge in [-0.2, -0.15) is 0 Å². The molecule has 4 nitrogen and oxygen atoms in total. The number of halogens is 2. The zero-order valence-corrected chi connectivity index (χ0v) is 13.5. The van der Waals surface area contributed by atoms with Crippen LogP contribution in [0.3, 0.4) is 0 Å². The molecule has 2 aromatic rings. The van der Waals surface area contributed by atoms with Crippen LogP contribution in [-0.4, -0.2) is 19.6 Å². The molecule has 1 atom stereocenters. The molecule has 0 heterocycles. The van der Waals surface area contributed by atoms with Gasteiger partial charge in [0, 0.05) is 6.07 Å². The van der Waals surface area contributed by atoms with E-state index in [0.29, 0.717) is 12.5 Å². The van der Waals surface area contributed by atoms with Crippen molar-refractivity contribution < 1.29 is 23.0 Å². The van der Waals surface area contributed by atoms with Crippen LogP contribution in [0.5, 0.6) is 11.5 Å². The second-order valence-corrected chi connectivity index (χ2v) is 5.16. The molecule has 0 aromatic heterocycles. The molecule has 128 valence electrons. The van der Waals surface area contributed by atoms with Crippen molar-refractivity contribution in [3.8, 4) is 11.5 Å². The third-order valence-electron chi connectivity index (χ3n) is 3.51. The minimum atomic E-state index is -0.843. The van der Waals surface area contributed by atoms with Crippen LogP contribution < -0.4 is 14.8 Å². The van der Waals surface area contributed by atoms with Gasteiger partial charge in [-0.25, -0.2) is 8.78 Å². The van der Waals surface area contributed by atoms with Gasteiger partial charge in [-0.1, -0.05) is 19.1 Å². The van der Waals surface area contributed by atoms with Crippen molar-refractivity contribution in [2.24, 2.45) is 0 Å². The maximum Gasteiger partial charge on any atom is 0.258 e. The van der Waals surface area contributed by atoms with Crippen molar-refractivity contribution in [1.29, 1.82) is 0 Å². The second-order valence-electron chi connectivity index (χ2n) is 5.16. The minimum Gasteiger partial charge on any atom is -0.497 e. The van der Waals surface area contributed by atoms with Gasteiger partial charge in [-0.05, 0) is 36.2 Å². The van der Waals surface area contributed by atoms with E-state index in [0.717, 1.165) is 23.4 Å². The Bertz CT molecular complexity index is 689. The summed E-state index contributed by atoms with van der Waals surface area (Å²) in [6.45, 7) is 1.59. The summed E-state index contributed by atoms with van der Waals surface area (Å²) in [6, 6.07) is 10.1. The quantitative estimate of drug-likeness (QED) is 0.841. The summed E-state index contributed by atoms with van der Waals surface area (Å²) < 4.78 is 36.5. The molecule has 0 aliphatic heterocycles. The lowest BCUT2D eigenvalue weighted by molar-refractivity contribution is -0.123. The Morgan fingerprint density at radius 1 is 1.17 bits per heavy atom. The van der Waals surface area contributed by atoms with E-state index in [4.69, 9.17) is 9.47 Å². The average molecular weight is 335 g/mol. The maximum absolute atomic E-state index is 13.5. The highest BCUT2D eigenvalue weighted by Crippen LogP contribution is 2.20. The fourth-order valence-electron chi connectivity index (χ4n) is 2.23. The zero-order valence-electron chi connectivity index (χ0n) is 13.5. The number of amides is 1. The molecule has 1 N–H and O–H groups in total. The van der Waals surface area contributed by atoms with E-state index in [1.807, 2.05) is 31.2 Å². The largest absolute Gasteiger partial charge is 0.497 e. The van der Waals surface area contributed by atoms with Gasteiger partial charge in [0.2, 0.25) is 0 Å². The summed E-state index contributed by atoms with van der Waals surface area (Å²) in [5.74, 6) is -1.36. The van der Waals surface area contributed by atoms with Crippen molar-refractivity contribution in [2.75, 3.05) is 13.7 Å². The standard InChI is InChI=1S/C18H19F2NO3/c1-3-16(12-4-7-14(23-2)8-5-12)21-18(22)11-24-17-9-6-13(19)10-15(17)20/h4-10,16H,3,11H2,1-2H3,(H,21,22). The number of hydrogen-bond acceptors (Lipinski definition) is 3. The van der Waals surface area contributed by atoms with E-state index < -0.39 is 11.6 Å². The van der Waals surface area contributed by atoms with Crippen LogP contribution in [0.25, 0.3) is 0 Å². The highest BCUT2D eigenvalue weighted by atomic mass is 19.1. The normalized spacial score (nSPS) is 11.7. The zero-order chi connectivity index (χ0) is 17.5. The molecular weight excluding hydrogens is 316 g/mol. The lowest BCUT2D eigenvalue weighted by Crippen LogP contribution is -2.32. The average Bonchev–Trinajstić information content (AvgIpc) is 2.59. The van der Waals surface area contributed by atoms with Crippen LogP contribution in [0.4, 0.5) is 8.78 Å². The second kappa shape index (κ2) is 8.29. The Morgan fingerprint density at radius 3 is 2.46 bits per heavy atom. The van der Waals surface area contributed by atoms with Crippen LogP contribution in [0.1, 0.15) is 24.9 Å². The molecule has 1 unspecified atom stereocenters. The topological polar surface area (TPSA) is 47.6 Å². The Kier molecular flexibility index (Phi) is 6.12. The third-order valence-corrected chi connectivity index (χ3v) is 3.51. The number of benzene rings is 2. The van der Waals surface area contributed by atoms with Gasteiger partial charge in [0.25, 0.3) is 5.91 Å². The highest BCUT2D eigenvalue weighted by molar-refractivity contribution is 5.78. The fourth-order valence-corrected chi connectivity index (χ4v) is 2.23. The molecule has 0 fully saturated rings. The number of methoxy groups -OCH3 is 1. The third kappa shape index (κ3) is 4.68. The molecule has 24 heavy (non-hydrogen) atoms. The van der Waals surface area contributed by atoms with Gasteiger partial charge in [0.05, 0.1) is 13.2 Å². The molecular formula is C18H19F2NO3. The molecule has 1 amide bonds. The predicted molar refractivity (Wildman–Crippen MR) is 86.0 cm³/mol. The minimum absolute atomic E-state index is 0.163. The monoisotopic (exact) mass is 335 g/mol. The van der Waals surface area contributed by atoms with E-state index in [2.05, 4.69) is 5.32 Å². The molecule has 0 saturated heterocycles. The number of carbonyl (C=O) groups excluding carboxylic acids is 1. The summed E-state index contributed by atoms with van der Waals surface area (Å²) in [4.78, 5) is 12.0. The Hall–Kier alpha value is -2.63. The summed E-state index contributed by atoms with van der Waals surface area (Å²) in [6.07, 6.45) is 0.684. The fraction of sp³-hybridized carbons (Fsp3) is 0.278. The van der Waals surface area contributed by atoms with E-state index in [1.54, 1.807) is 7.11 Å². The Labute approximate surface area is 139 Å². The van der Waals surface area contributed by atoms with Crippen molar-refractivity contribution in [3.05, 3.63) is 59.7 Å². The van der Waals surface area contributed by atoms with Crippen LogP contribution in [0.15, 0.2) is 42.5 Å². The molecule has 0 aliphatic rings. The van der Waals surface area contributed by atoms with Crippen LogP contribution in [0, 0.1) is 11.6 Å². The highest BCUT2D eigenvalue weighted by Gasteiger charge is 2.14. The summed E-state index contributed by atoms with van der Waals surface area (Å²) in [5, 5.41) is 2.82. The molecule has 0 spiro atoms. The molecule has 6 heteroatoms. The van der Waals surface area contributed by atoms with Crippen molar-refractivity contribution >= 4 is 5.91 Å². The molecule has 2 rings (SSSR count). The van der Waals surface area contributed by atoms with Gasteiger partial charge in [0.1, 0.15) is 11.6 Å². The van der Waals surface area contributed by atoms with Crippen molar-refractivity contribution in [3.63, 3.8) is 0 Å². The van der Waals surface area contributed by atoms with Gasteiger partial charge in [-0.15, -0.1) is 0 Å². The first-order chi connectivity index (χ1) is 11.5. The summed E-state index contributed by atoms with van der Waals surface area (Å²) in [5.41, 5.74) is 0.930. The summed E-state index contributed by atoms with van der Waals surface area (Å²) >= 11 is 0. The van der Waals surface area contributed by atoms with Crippen molar-refractivity contribution in [1.82, 2.24) is 5.32 Å². The van der Waals surface area contributed by atoms with E-state index in [-0.39, 0.29) is 24.3 Å². The summed E-state index contributed by atoms with van der Waals surface area (Å²) in [7, 11) is 1.58. The Balaban J connectivity index is 1.93. The number of nitrogens with one attached hydrogen (secondary N) is 1. The smallest absolute Gasteiger partial charge is 0.258 e. The first-order valence-electron chi connectivity index (χ1n) is 7.54. The van der Waals surface area contributed by atoms with Crippen LogP contribution >= 0.6 is 0 Å². The predicted octanol–water partition coefficient (Wildman–Crippen LogP) is 3.62. The number of rotatable bonds is 7. The number of hydrogen-bond donors (Lipinski definition) is 1. The van der Waals surface area contributed by atoms with Gasteiger partial charge < -0.3 is 14.8 Å². The Morgan fingerprint density at radius 2 is 1.88 bits per heavy atom. The number of carbonyl (C=O) groups is 1. The molecule has 0 radical (unpaired) electrons. The van der Waals surface area contributed by atoms with E-state index >= 15 is 0 Å². The molecule has 0 bridgehead atoms. The van der Waals surface area contributed by atoms with Crippen LogP contribution in [0.2, 0.25) is 0 Å².